The van der Waals surface area contributed by atoms with E-state index in [2.05, 4.69) is 6.92 Å². The number of hydrogen-bond donors (Lipinski definition) is 0. The van der Waals surface area contributed by atoms with Crippen molar-refractivity contribution in [2.45, 2.75) is 50.4 Å². The summed E-state index contributed by atoms with van der Waals surface area (Å²) in [4.78, 5) is 26.0. The van der Waals surface area contributed by atoms with Gasteiger partial charge in [0.2, 0.25) is 0 Å². The van der Waals surface area contributed by atoms with Gasteiger partial charge in [-0.2, -0.15) is 0 Å². The van der Waals surface area contributed by atoms with Crippen molar-refractivity contribution in [3.05, 3.63) is 71.8 Å². The molecule has 1 saturated heterocycles. The maximum atomic E-state index is 13.0. The Bertz CT molecular complexity index is 941. The summed E-state index contributed by atoms with van der Waals surface area (Å²) in [7, 11) is 6.05. The van der Waals surface area contributed by atoms with Gasteiger partial charge in [-0.15, -0.1) is 0 Å². The molecule has 1 fully saturated rings. The summed E-state index contributed by atoms with van der Waals surface area (Å²) >= 11 is 1.48. The number of hydrogen-bond acceptors (Lipinski definition) is 7. The predicted molar refractivity (Wildman–Crippen MR) is 139 cm³/mol. The topological polar surface area (TPSA) is 71.1 Å². The van der Waals surface area contributed by atoms with Crippen LogP contribution in [0.25, 0.3) is 0 Å². The second-order valence-electron chi connectivity index (χ2n) is 8.17. The van der Waals surface area contributed by atoms with Gasteiger partial charge in [-0.1, -0.05) is 0 Å². The van der Waals surface area contributed by atoms with Crippen molar-refractivity contribution in [1.82, 2.24) is 0 Å². The summed E-state index contributed by atoms with van der Waals surface area (Å²) in [6.45, 7) is 4.97. The fourth-order valence-electron chi connectivity index (χ4n) is 3.85. The molecule has 3 unspecified atom stereocenters. The Labute approximate surface area is 212 Å². The van der Waals surface area contributed by atoms with Gasteiger partial charge in [0, 0.05) is 0 Å². The summed E-state index contributed by atoms with van der Waals surface area (Å²) in [6, 6.07) is 17.4. The number of thioether (sulfide) groups is 1. The monoisotopic (exact) mass is 495 g/mol. The Morgan fingerprint density at radius 2 is 1.51 bits per heavy atom. The minimum absolute atomic E-state index is 0.290. The van der Waals surface area contributed by atoms with Crippen molar-refractivity contribution >= 4 is 37.2 Å². The summed E-state index contributed by atoms with van der Waals surface area (Å²) in [5.41, 5.74) is 0.245. The molecule has 0 saturated carbocycles. The molecule has 1 aliphatic heterocycles. The average molecular weight is 495 g/mol. The fraction of sp³-hybridized carbons (Fsp3) is 0.444. The van der Waals surface area contributed by atoms with Gasteiger partial charge < -0.3 is 0 Å². The van der Waals surface area contributed by atoms with Gasteiger partial charge in [0.25, 0.3) is 0 Å². The zero-order valence-electron chi connectivity index (χ0n) is 20.2. The Hall–Kier alpha value is -2.42. The summed E-state index contributed by atoms with van der Waals surface area (Å²) in [5.74, 6) is 0.592. The normalized spacial score (nSPS) is 23.9. The van der Waals surface area contributed by atoms with Crippen LogP contribution in [0.3, 0.4) is 0 Å². The van der Waals surface area contributed by atoms with Crippen LogP contribution in [-0.4, -0.2) is 68.1 Å². The van der Waals surface area contributed by atoms with Crippen molar-refractivity contribution in [1.29, 1.82) is 0 Å². The van der Waals surface area contributed by atoms with Gasteiger partial charge >= 0.3 is 213 Å². The number of carbonyl (C=O) groups excluding carboxylic acids is 2. The molecule has 2 aromatic carbocycles. The van der Waals surface area contributed by atoms with Crippen LogP contribution in [-0.2, 0) is 18.9 Å². The van der Waals surface area contributed by atoms with Crippen molar-refractivity contribution in [2.24, 2.45) is 5.92 Å². The molecule has 0 amide bonds. The van der Waals surface area contributed by atoms with Gasteiger partial charge in [-0.3, -0.25) is 0 Å². The van der Waals surface area contributed by atoms with E-state index in [1.165, 1.54) is 17.7 Å². The second kappa shape index (κ2) is 14.2. The average Bonchev–Trinajstić information content (AvgIpc) is 2.89. The third-order valence-corrected chi connectivity index (χ3v) is 6.73. The van der Waals surface area contributed by atoms with Crippen LogP contribution in [0.4, 0.5) is 0 Å². The molecule has 1 heterocycles. The van der Waals surface area contributed by atoms with E-state index in [9.17, 15) is 9.59 Å². The van der Waals surface area contributed by atoms with Gasteiger partial charge in [-0.05, 0) is 0 Å². The number of carbonyl (C=O) groups is 2. The molecule has 8 heteroatoms. The third-order valence-electron chi connectivity index (χ3n) is 5.69. The molecule has 3 rings (SSSR count). The Morgan fingerprint density at radius 3 is 2.03 bits per heavy atom. The summed E-state index contributed by atoms with van der Waals surface area (Å²) in [5, 5.41) is 0. The van der Waals surface area contributed by atoms with Crippen LogP contribution >= 0.6 is 11.8 Å². The molecule has 0 aromatic heterocycles. The first-order chi connectivity index (χ1) is 17.1. The van der Waals surface area contributed by atoms with Crippen LogP contribution < -0.4 is 0 Å². The third kappa shape index (κ3) is 7.53. The Morgan fingerprint density at radius 1 is 0.943 bits per heavy atom. The van der Waals surface area contributed by atoms with E-state index in [-0.39, 0.29) is 6.61 Å². The molecule has 0 N–H and O–H groups in total. The zero-order chi connectivity index (χ0) is 25.0. The molecular weight excluding hydrogens is 463 g/mol. The first-order valence-electron chi connectivity index (χ1n) is 12.0. The Kier molecular flexibility index (Phi) is 11.0. The standard InChI is InChI=1S/C27H32BO6S/c1-3-5-16-31-18-22-21(17-28)23(33-25(29)19-12-8-6-9-13-19)24(27(32-22)35-4-2)34-26(30)20-14-10-7-11-15-20/h6-15,17,21-24,27H,3-5,16,18H2,1-2H3/t21-,22?,23?,24?,27-/m0/s1. The van der Waals surface area contributed by atoms with E-state index >= 15 is 0 Å². The van der Waals surface area contributed by atoms with Crippen molar-refractivity contribution in [3.63, 3.8) is 0 Å². The van der Waals surface area contributed by atoms with E-state index in [4.69, 9.17) is 26.4 Å². The Balaban J connectivity index is 1.89. The summed E-state index contributed by atoms with van der Waals surface area (Å²) in [6.07, 6.45) is -0.224. The fourth-order valence-corrected chi connectivity index (χ4v) is 4.80. The number of unbranched alkanes of at least 4 members (excludes halogenated alkanes) is 1. The van der Waals surface area contributed by atoms with Crippen LogP contribution in [0.15, 0.2) is 60.7 Å². The quantitative estimate of drug-likeness (QED) is 0.247. The number of benzene rings is 2. The first-order valence-corrected chi connectivity index (χ1v) is 13.1. The van der Waals surface area contributed by atoms with E-state index in [0.717, 1.165) is 12.8 Å². The van der Waals surface area contributed by atoms with Gasteiger partial charge in [0.1, 0.15) is 0 Å². The molecule has 185 valence electrons. The maximum absolute atomic E-state index is 13.0. The predicted octanol–water partition coefficient (Wildman–Crippen LogP) is 4.32. The molecule has 0 bridgehead atoms. The van der Waals surface area contributed by atoms with E-state index in [1.807, 2.05) is 19.1 Å². The molecule has 1 radical (unpaired) electrons. The molecule has 5 atom stereocenters. The number of ether oxygens (including phenoxy) is 4. The molecule has 0 spiro atoms. The van der Waals surface area contributed by atoms with Crippen LogP contribution in [0.5, 0.6) is 0 Å². The van der Waals surface area contributed by atoms with Crippen molar-refractivity contribution in [3.8, 4) is 0 Å². The molecule has 35 heavy (non-hydrogen) atoms. The number of esters is 2. The molecule has 0 aliphatic carbocycles. The summed E-state index contributed by atoms with van der Waals surface area (Å²) < 4.78 is 24.1. The van der Waals surface area contributed by atoms with Crippen molar-refractivity contribution < 1.29 is 28.5 Å². The molecule has 1 aliphatic rings. The zero-order valence-corrected chi connectivity index (χ0v) is 21.0. The van der Waals surface area contributed by atoms with Crippen LogP contribution in [0.2, 0.25) is 0 Å². The van der Waals surface area contributed by atoms with Gasteiger partial charge in [0.15, 0.2) is 0 Å². The SMILES string of the molecule is [B]=C[C@H]1C(COCCCC)O[C@@H](SCC)C(OC(=O)c2ccccc2)C1OC(=O)c1ccccc1. The van der Waals surface area contributed by atoms with Crippen molar-refractivity contribution in [2.75, 3.05) is 19.0 Å². The van der Waals surface area contributed by atoms with E-state index < -0.39 is 41.6 Å². The molecular formula is C27H32BO6S. The molecule has 2 aromatic rings. The molecule has 6 nitrogen and oxygen atoms in total. The van der Waals surface area contributed by atoms with Gasteiger partial charge in [-0.25, -0.2) is 0 Å². The van der Waals surface area contributed by atoms with Crippen LogP contribution in [0, 0.1) is 5.92 Å². The van der Waals surface area contributed by atoms with E-state index in [0.29, 0.717) is 23.5 Å². The minimum atomic E-state index is -0.864. The second-order valence-corrected chi connectivity index (χ2v) is 9.54. The van der Waals surface area contributed by atoms with E-state index in [1.54, 1.807) is 48.5 Å². The number of rotatable bonds is 12. The van der Waals surface area contributed by atoms with Crippen LogP contribution in [0.1, 0.15) is 47.4 Å². The first kappa shape index (κ1) is 27.2. The van der Waals surface area contributed by atoms with Gasteiger partial charge in [0.05, 0.1) is 0 Å².